The van der Waals surface area contributed by atoms with Crippen LogP contribution < -0.4 is 10.6 Å². The molecular weight excluding hydrogens is 198 g/mol. The molecule has 0 aromatic carbocycles. The van der Waals surface area contributed by atoms with Crippen molar-refractivity contribution < 1.29 is 4.79 Å². The Bertz CT molecular complexity index is 322. The Morgan fingerprint density at radius 1 is 1.79 bits per heavy atom. The Kier molecular flexibility index (Phi) is 3.60. The summed E-state index contributed by atoms with van der Waals surface area (Å²) in [6.07, 6.45) is 0. The molecular formula is C9H15N3OS. The fourth-order valence-electron chi connectivity index (χ4n) is 1.10. The van der Waals surface area contributed by atoms with Crippen LogP contribution in [-0.2, 0) is 4.79 Å². The summed E-state index contributed by atoms with van der Waals surface area (Å²) in [5, 5.41) is 2.65. The van der Waals surface area contributed by atoms with E-state index < -0.39 is 6.04 Å². The Morgan fingerprint density at radius 3 is 2.79 bits per heavy atom. The highest BCUT2D eigenvalue weighted by atomic mass is 32.1. The molecule has 0 radical (unpaired) electrons. The third-order valence-corrected chi connectivity index (χ3v) is 2.79. The van der Waals surface area contributed by atoms with E-state index >= 15 is 0 Å². The summed E-state index contributed by atoms with van der Waals surface area (Å²) in [5.74, 6) is -0.0816. The normalized spacial score (nSPS) is 12.6. The van der Waals surface area contributed by atoms with Crippen LogP contribution in [0.1, 0.15) is 19.5 Å². The quantitative estimate of drug-likeness (QED) is 0.819. The zero-order valence-corrected chi connectivity index (χ0v) is 9.47. The first-order valence-corrected chi connectivity index (χ1v) is 5.43. The number of amides is 1. The Balaban J connectivity index is 2.87. The van der Waals surface area contributed by atoms with Gasteiger partial charge in [0.2, 0.25) is 5.91 Å². The molecule has 1 aromatic rings. The SMILES string of the molecule is CCN(C(=O)C(C)N)c1nc(C)cs1. The zero-order chi connectivity index (χ0) is 10.7. The van der Waals surface area contributed by atoms with Crippen LogP contribution >= 0.6 is 11.3 Å². The van der Waals surface area contributed by atoms with E-state index in [2.05, 4.69) is 4.98 Å². The minimum Gasteiger partial charge on any atom is -0.320 e. The number of nitrogens with zero attached hydrogens (tertiary/aromatic N) is 2. The lowest BCUT2D eigenvalue weighted by Crippen LogP contribution is -2.42. The van der Waals surface area contributed by atoms with Crippen molar-refractivity contribution in [3.8, 4) is 0 Å². The van der Waals surface area contributed by atoms with Crippen molar-refractivity contribution in [2.45, 2.75) is 26.8 Å². The van der Waals surface area contributed by atoms with Gasteiger partial charge in [0.15, 0.2) is 5.13 Å². The van der Waals surface area contributed by atoms with Crippen molar-refractivity contribution in [2.75, 3.05) is 11.4 Å². The number of hydrogen-bond acceptors (Lipinski definition) is 4. The van der Waals surface area contributed by atoms with Gasteiger partial charge in [0.05, 0.1) is 11.7 Å². The predicted molar refractivity (Wildman–Crippen MR) is 58.5 cm³/mol. The van der Waals surface area contributed by atoms with Crippen LogP contribution in [0.4, 0.5) is 5.13 Å². The fraction of sp³-hybridized carbons (Fsp3) is 0.556. The molecule has 0 aliphatic rings. The second kappa shape index (κ2) is 4.52. The number of nitrogens with two attached hydrogens (primary N) is 1. The number of aryl methyl sites for hydroxylation is 1. The largest absolute Gasteiger partial charge is 0.320 e. The number of hydrogen-bond donors (Lipinski definition) is 1. The summed E-state index contributed by atoms with van der Waals surface area (Å²) < 4.78 is 0. The number of thiazole rings is 1. The van der Waals surface area contributed by atoms with Gasteiger partial charge in [-0.15, -0.1) is 11.3 Å². The highest BCUT2D eigenvalue weighted by molar-refractivity contribution is 7.14. The van der Waals surface area contributed by atoms with E-state index in [-0.39, 0.29) is 5.91 Å². The van der Waals surface area contributed by atoms with Crippen molar-refractivity contribution in [1.29, 1.82) is 0 Å². The molecule has 0 fully saturated rings. The molecule has 1 rings (SSSR count). The van der Waals surface area contributed by atoms with Crippen LogP contribution in [0.25, 0.3) is 0 Å². The molecule has 0 aliphatic carbocycles. The van der Waals surface area contributed by atoms with Gasteiger partial charge in [-0.1, -0.05) is 0 Å². The number of likely N-dealkylation sites (N-methyl/N-ethyl adjacent to an activating group) is 1. The smallest absolute Gasteiger partial charge is 0.245 e. The molecule has 2 N–H and O–H groups in total. The topological polar surface area (TPSA) is 59.2 Å². The van der Waals surface area contributed by atoms with E-state index in [1.807, 2.05) is 19.2 Å². The molecule has 1 aromatic heterocycles. The first-order chi connectivity index (χ1) is 6.56. The van der Waals surface area contributed by atoms with E-state index in [1.165, 1.54) is 11.3 Å². The Morgan fingerprint density at radius 2 is 2.43 bits per heavy atom. The predicted octanol–water partition coefficient (Wildman–Crippen LogP) is 1.15. The van der Waals surface area contributed by atoms with Crippen LogP contribution in [0.3, 0.4) is 0 Å². The van der Waals surface area contributed by atoms with Gasteiger partial charge in [-0.05, 0) is 20.8 Å². The Labute approximate surface area is 87.7 Å². The van der Waals surface area contributed by atoms with Gasteiger partial charge in [-0.2, -0.15) is 0 Å². The number of carbonyl (C=O) groups excluding carboxylic acids is 1. The number of aromatic nitrogens is 1. The molecule has 0 spiro atoms. The lowest BCUT2D eigenvalue weighted by atomic mass is 10.3. The van der Waals surface area contributed by atoms with Crippen molar-refractivity contribution in [2.24, 2.45) is 5.73 Å². The summed E-state index contributed by atoms with van der Waals surface area (Å²) in [4.78, 5) is 17.5. The van der Waals surface area contributed by atoms with Crippen molar-refractivity contribution >= 4 is 22.4 Å². The van der Waals surface area contributed by atoms with E-state index in [4.69, 9.17) is 5.73 Å². The molecule has 78 valence electrons. The molecule has 1 amide bonds. The second-order valence-electron chi connectivity index (χ2n) is 3.14. The first-order valence-electron chi connectivity index (χ1n) is 4.55. The van der Waals surface area contributed by atoms with Crippen molar-refractivity contribution in [3.63, 3.8) is 0 Å². The molecule has 14 heavy (non-hydrogen) atoms. The maximum atomic E-state index is 11.7. The van der Waals surface area contributed by atoms with Crippen LogP contribution in [-0.4, -0.2) is 23.5 Å². The van der Waals surface area contributed by atoms with Gasteiger partial charge < -0.3 is 5.73 Å². The second-order valence-corrected chi connectivity index (χ2v) is 3.98. The third kappa shape index (κ3) is 2.30. The Hall–Kier alpha value is -0.940. The van der Waals surface area contributed by atoms with Crippen molar-refractivity contribution in [1.82, 2.24) is 4.98 Å². The van der Waals surface area contributed by atoms with Crippen LogP contribution in [0.5, 0.6) is 0 Å². The molecule has 5 heteroatoms. The summed E-state index contributed by atoms with van der Waals surface area (Å²) >= 11 is 1.47. The van der Waals surface area contributed by atoms with Crippen LogP contribution in [0.2, 0.25) is 0 Å². The van der Waals surface area contributed by atoms with Gasteiger partial charge in [0.1, 0.15) is 0 Å². The number of anilines is 1. The van der Waals surface area contributed by atoms with E-state index in [1.54, 1.807) is 11.8 Å². The molecule has 1 heterocycles. The number of carbonyl (C=O) groups is 1. The highest BCUT2D eigenvalue weighted by Crippen LogP contribution is 2.20. The van der Waals surface area contributed by atoms with E-state index in [0.29, 0.717) is 6.54 Å². The van der Waals surface area contributed by atoms with Gasteiger partial charge >= 0.3 is 0 Å². The third-order valence-electron chi connectivity index (χ3n) is 1.81. The standard InChI is InChI=1S/C9H15N3OS/c1-4-12(8(13)7(3)10)9-11-6(2)5-14-9/h5,7H,4,10H2,1-3H3. The van der Waals surface area contributed by atoms with Gasteiger partial charge in [0.25, 0.3) is 0 Å². The number of rotatable bonds is 3. The minimum absolute atomic E-state index is 0.0816. The average molecular weight is 213 g/mol. The molecule has 1 atom stereocenters. The molecule has 1 unspecified atom stereocenters. The summed E-state index contributed by atoms with van der Waals surface area (Å²) in [7, 11) is 0. The fourth-order valence-corrected chi connectivity index (χ4v) is 1.97. The van der Waals surface area contributed by atoms with Crippen molar-refractivity contribution in [3.05, 3.63) is 11.1 Å². The highest BCUT2D eigenvalue weighted by Gasteiger charge is 2.19. The lowest BCUT2D eigenvalue weighted by molar-refractivity contribution is -0.119. The average Bonchev–Trinajstić information content (AvgIpc) is 2.53. The summed E-state index contributed by atoms with van der Waals surface area (Å²) in [6, 6.07) is -0.473. The maximum absolute atomic E-state index is 11.7. The van der Waals surface area contributed by atoms with E-state index in [0.717, 1.165) is 10.8 Å². The lowest BCUT2D eigenvalue weighted by Gasteiger charge is -2.19. The van der Waals surface area contributed by atoms with Crippen LogP contribution in [0.15, 0.2) is 5.38 Å². The van der Waals surface area contributed by atoms with Gasteiger partial charge in [0, 0.05) is 11.9 Å². The molecule has 0 saturated carbocycles. The monoisotopic (exact) mass is 213 g/mol. The molecule has 0 bridgehead atoms. The maximum Gasteiger partial charge on any atom is 0.245 e. The summed E-state index contributed by atoms with van der Waals surface area (Å²) in [5.41, 5.74) is 6.47. The molecule has 4 nitrogen and oxygen atoms in total. The minimum atomic E-state index is -0.473. The zero-order valence-electron chi connectivity index (χ0n) is 8.65. The molecule has 0 saturated heterocycles. The van der Waals surface area contributed by atoms with Gasteiger partial charge in [-0.25, -0.2) is 4.98 Å². The first kappa shape index (κ1) is 11.1. The molecule has 0 aliphatic heterocycles. The van der Waals surface area contributed by atoms with Crippen LogP contribution in [0, 0.1) is 6.92 Å². The van der Waals surface area contributed by atoms with E-state index in [9.17, 15) is 4.79 Å². The van der Waals surface area contributed by atoms with Gasteiger partial charge in [-0.3, -0.25) is 9.69 Å². The summed E-state index contributed by atoms with van der Waals surface area (Å²) in [6.45, 7) is 6.11.